The van der Waals surface area contributed by atoms with Crippen LogP contribution in [0.25, 0.3) is 0 Å². The second kappa shape index (κ2) is 11.7. The van der Waals surface area contributed by atoms with Crippen LogP contribution in [0.5, 0.6) is 0 Å². The molecule has 0 aliphatic carbocycles. The smallest absolute Gasteiger partial charge is 0.240 e. The molecule has 26 heavy (non-hydrogen) atoms. The highest BCUT2D eigenvalue weighted by Crippen LogP contribution is 2.13. The third kappa shape index (κ3) is 6.37. The molecule has 0 aromatic heterocycles. The third-order valence-electron chi connectivity index (χ3n) is 4.67. The van der Waals surface area contributed by atoms with Crippen LogP contribution < -0.4 is 10.6 Å². The fourth-order valence-corrected chi connectivity index (χ4v) is 3.20. The van der Waals surface area contributed by atoms with Crippen molar-refractivity contribution in [3.63, 3.8) is 0 Å². The minimum atomic E-state index is -0.273. The van der Waals surface area contributed by atoms with Gasteiger partial charge in [0.2, 0.25) is 5.91 Å². The summed E-state index contributed by atoms with van der Waals surface area (Å²) >= 11 is 0. The lowest BCUT2D eigenvalue weighted by molar-refractivity contribution is -0.129. The number of hydrogen-bond acceptors (Lipinski definition) is 5. The van der Waals surface area contributed by atoms with Crippen LogP contribution in [0, 0.1) is 0 Å². The topological polar surface area (TPSA) is 62.8 Å². The van der Waals surface area contributed by atoms with Crippen LogP contribution in [0.2, 0.25) is 0 Å². The predicted octanol–water partition coefficient (Wildman–Crippen LogP) is 1.36. The summed E-state index contributed by atoms with van der Waals surface area (Å²) in [4.78, 5) is 14.8. The van der Waals surface area contributed by atoms with E-state index in [4.69, 9.17) is 9.47 Å². The quantitative estimate of drug-likeness (QED) is 0.773. The highest BCUT2D eigenvalue weighted by atomic mass is 35.5. The fraction of sp³-hybridized carbons (Fsp3) is 0.611. The Morgan fingerprint density at radius 1 is 1.19 bits per heavy atom. The Bertz CT molecular complexity index is 556. The predicted molar refractivity (Wildman–Crippen MR) is 106 cm³/mol. The van der Waals surface area contributed by atoms with Crippen LogP contribution in [0.1, 0.15) is 18.1 Å². The number of nitrogens with one attached hydrogen (secondary N) is 2. The molecule has 8 heteroatoms. The van der Waals surface area contributed by atoms with Gasteiger partial charge in [0.05, 0.1) is 25.9 Å². The van der Waals surface area contributed by atoms with Crippen molar-refractivity contribution in [3.8, 4) is 0 Å². The molecule has 2 atom stereocenters. The average Bonchev–Trinajstić information content (AvgIpc) is 2.62. The third-order valence-corrected chi connectivity index (χ3v) is 4.67. The van der Waals surface area contributed by atoms with E-state index in [1.807, 2.05) is 13.0 Å². The summed E-state index contributed by atoms with van der Waals surface area (Å²) in [6, 6.07) is 8.03. The lowest BCUT2D eigenvalue weighted by atomic mass is 10.1. The zero-order chi connectivity index (χ0) is 16.8. The van der Waals surface area contributed by atoms with Crippen LogP contribution in [-0.4, -0.2) is 62.4 Å². The van der Waals surface area contributed by atoms with E-state index in [9.17, 15) is 4.79 Å². The van der Waals surface area contributed by atoms with Gasteiger partial charge in [0.1, 0.15) is 6.04 Å². The number of carbonyl (C=O) groups is 1. The van der Waals surface area contributed by atoms with Crippen molar-refractivity contribution >= 4 is 30.7 Å². The normalized spacial score (nSPS) is 23.4. The van der Waals surface area contributed by atoms with Gasteiger partial charge in [0, 0.05) is 32.7 Å². The Kier molecular flexibility index (Phi) is 10.5. The fourth-order valence-electron chi connectivity index (χ4n) is 3.20. The van der Waals surface area contributed by atoms with Gasteiger partial charge in [0.25, 0.3) is 0 Å². The van der Waals surface area contributed by atoms with Gasteiger partial charge < -0.3 is 20.1 Å². The van der Waals surface area contributed by atoms with E-state index in [-0.39, 0.29) is 42.9 Å². The highest BCUT2D eigenvalue weighted by Gasteiger charge is 2.28. The molecular formula is C18H29Cl2N3O3. The lowest BCUT2D eigenvalue weighted by Crippen LogP contribution is -2.55. The molecule has 0 unspecified atom stereocenters. The highest BCUT2D eigenvalue weighted by molar-refractivity contribution is 5.85. The van der Waals surface area contributed by atoms with Gasteiger partial charge >= 0.3 is 0 Å². The van der Waals surface area contributed by atoms with Crippen LogP contribution >= 0.6 is 24.8 Å². The molecule has 0 spiro atoms. The zero-order valence-electron chi connectivity index (χ0n) is 15.1. The van der Waals surface area contributed by atoms with Crippen LogP contribution in [0.3, 0.4) is 0 Å². The zero-order valence-corrected chi connectivity index (χ0v) is 16.7. The van der Waals surface area contributed by atoms with E-state index in [1.165, 1.54) is 11.1 Å². The number of ether oxygens (including phenoxy) is 2. The van der Waals surface area contributed by atoms with E-state index in [1.54, 1.807) is 0 Å². The summed E-state index contributed by atoms with van der Waals surface area (Å²) in [7, 11) is 0. The molecule has 1 amide bonds. The van der Waals surface area contributed by atoms with E-state index < -0.39 is 0 Å². The van der Waals surface area contributed by atoms with Gasteiger partial charge in [-0.15, -0.1) is 24.8 Å². The second-order valence-electron chi connectivity index (χ2n) is 6.38. The van der Waals surface area contributed by atoms with Crippen molar-refractivity contribution in [1.29, 1.82) is 0 Å². The molecule has 2 fully saturated rings. The maximum atomic E-state index is 12.4. The molecule has 6 nitrogen and oxygen atoms in total. The van der Waals surface area contributed by atoms with Crippen LogP contribution in [0.4, 0.5) is 0 Å². The molecule has 0 radical (unpaired) electrons. The van der Waals surface area contributed by atoms with Gasteiger partial charge in [-0.1, -0.05) is 24.3 Å². The summed E-state index contributed by atoms with van der Waals surface area (Å²) in [5.74, 6) is 0.00313. The Balaban J connectivity index is 0.00000169. The molecule has 2 heterocycles. The molecule has 2 aliphatic rings. The Labute approximate surface area is 167 Å². The van der Waals surface area contributed by atoms with E-state index in [2.05, 4.69) is 33.7 Å². The molecule has 1 aromatic rings. The van der Waals surface area contributed by atoms with Gasteiger partial charge in [-0.3, -0.25) is 9.69 Å². The van der Waals surface area contributed by atoms with Crippen molar-refractivity contribution in [2.75, 3.05) is 39.5 Å². The van der Waals surface area contributed by atoms with Gasteiger partial charge in [-0.2, -0.15) is 0 Å². The first kappa shape index (κ1) is 23.1. The minimum Gasteiger partial charge on any atom is -0.379 e. The van der Waals surface area contributed by atoms with Crippen molar-refractivity contribution in [3.05, 3.63) is 35.4 Å². The Hall–Kier alpha value is -0.890. The molecule has 2 aliphatic heterocycles. The van der Waals surface area contributed by atoms with Crippen molar-refractivity contribution in [1.82, 2.24) is 15.5 Å². The number of morpholine rings is 2. The first-order valence-electron chi connectivity index (χ1n) is 8.73. The number of amides is 1. The van der Waals surface area contributed by atoms with Gasteiger partial charge in [-0.25, -0.2) is 0 Å². The van der Waals surface area contributed by atoms with Crippen molar-refractivity contribution in [2.45, 2.75) is 32.2 Å². The molecule has 2 N–H and O–H groups in total. The summed E-state index contributed by atoms with van der Waals surface area (Å²) in [5.41, 5.74) is 2.43. The largest absolute Gasteiger partial charge is 0.379 e. The molecular weight excluding hydrogens is 377 g/mol. The molecule has 3 rings (SSSR count). The average molecular weight is 406 g/mol. The van der Waals surface area contributed by atoms with Crippen LogP contribution in [0.15, 0.2) is 24.3 Å². The second-order valence-corrected chi connectivity index (χ2v) is 6.38. The number of rotatable bonds is 5. The van der Waals surface area contributed by atoms with Crippen molar-refractivity contribution < 1.29 is 14.3 Å². The summed E-state index contributed by atoms with van der Waals surface area (Å²) in [5, 5.41) is 6.28. The van der Waals surface area contributed by atoms with Gasteiger partial charge in [-0.05, 0) is 18.1 Å². The number of nitrogens with zero attached hydrogens (tertiary/aromatic N) is 1. The van der Waals surface area contributed by atoms with E-state index in [0.717, 1.165) is 39.4 Å². The number of halogens is 2. The van der Waals surface area contributed by atoms with E-state index in [0.29, 0.717) is 13.2 Å². The minimum absolute atomic E-state index is 0. The number of hydrogen-bond donors (Lipinski definition) is 2. The molecule has 0 saturated carbocycles. The molecule has 2 saturated heterocycles. The molecule has 148 valence electrons. The molecule has 1 aromatic carbocycles. The lowest BCUT2D eigenvalue weighted by Gasteiger charge is -2.29. The first-order valence-corrected chi connectivity index (χ1v) is 8.73. The summed E-state index contributed by atoms with van der Waals surface area (Å²) in [6.45, 7) is 8.27. The summed E-state index contributed by atoms with van der Waals surface area (Å²) < 4.78 is 11.0. The van der Waals surface area contributed by atoms with E-state index >= 15 is 0 Å². The maximum Gasteiger partial charge on any atom is 0.240 e. The number of benzene rings is 1. The first-order chi connectivity index (χ1) is 11.7. The van der Waals surface area contributed by atoms with Gasteiger partial charge in [0.15, 0.2) is 0 Å². The van der Waals surface area contributed by atoms with Crippen LogP contribution in [-0.2, 0) is 27.4 Å². The monoisotopic (exact) mass is 405 g/mol. The Morgan fingerprint density at radius 3 is 2.58 bits per heavy atom. The summed E-state index contributed by atoms with van der Waals surface area (Å²) in [6.07, 6.45) is -0.0951. The maximum absolute atomic E-state index is 12.4. The molecule has 0 bridgehead atoms. The number of carbonyl (C=O) groups excluding carboxylic acids is 1. The SMILES string of the molecule is C[C@H]1OCCN[C@@H]1C(=O)NCc1ccccc1CN1CCOCC1.Cl.Cl. The Morgan fingerprint density at radius 2 is 1.88 bits per heavy atom. The van der Waals surface area contributed by atoms with Crippen molar-refractivity contribution in [2.24, 2.45) is 0 Å². The standard InChI is InChI=1S/C18H27N3O3.2ClH/c1-14-17(19-6-9-24-14)18(22)20-12-15-4-2-3-5-16(15)13-21-7-10-23-11-8-21;;/h2-5,14,17,19H,6-13H2,1H3,(H,20,22);2*1H/t14-,17+;;/m1../s1.